The Morgan fingerprint density at radius 2 is 0.738 bits per heavy atom. The summed E-state index contributed by atoms with van der Waals surface area (Å²) in [6, 6.07) is 85.8. The van der Waals surface area contributed by atoms with Crippen LogP contribution in [0.3, 0.4) is 0 Å². The molecule has 1 aliphatic rings. The smallest absolute Gasteiger partial charge is 0.0540 e. The van der Waals surface area contributed by atoms with Crippen LogP contribution < -0.4 is 4.90 Å². The van der Waals surface area contributed by atoms with Gasteiger partial charge in [0.2, 0.25) is 0 Å². The van der Waals surface area contributed by atoms with Crippen LogP contribution >= 0.6 is 0 Å². The van der Waals surface area contributed by atoms with Crippen LogP contribution in [0.4, 0.5) is 17.1 Å². The lowest BCUT2D eigenvalue weighted by Gasteiger charge is -2.32. The highest BCUT2D eigenvalue weighted by atomic mass is 15.1. The largest absolute Gasteiger partial charge is 0.309 e. The molecule has 0 aromatic heterocycles. The summed E-state index contributed by atoms with van der Waals surface area (Å²) in [4.78, 5) is 2.58. The van der Waals surface area contributed by atoms with Gasteiger partial charge in [-0.05, 0) is 113 Å². The van der Waals surface area contributed by atoms with Crippen LogP contribution in [0, 0.1) is 0 Å². The highest BCUT2D eigenvalue weighted by Crippen LogP contribution is 2.51. The zero-order valence-electron chi connectivity index (χ0n) is 36.5. The summed E-state index contributed by atoms with van der Waals surface area (Å²) < 4.78 is 0. The second-order valence-corrected chi connectivity index (χ2v) is 17.7. The van der Waals surface area contributed by atoms with E-state index in [0.29, 0.717) is 5.92 Å². The number of fused-ring (bicyclic) bond motifs is 5. The first-order chi connectivity index (χ1) is 32.3. The summed E-state index contributed by atoms with van der Waals surface area (Å²) >= 11 is 0. The molecule has 0 unspecified atom stereocenters. The molecule has 0 N–H and O–H groups in total. The third-order valence-electron chi connectivity index (χ3n) is 14.1. The minimum atomic E-state index is 0.561. The second-order valence-electron chi connectivity index (χ2n) is 17.7. The Labute approximate surface area is 381 Å². The van der Waals surface area contributed by atoms with Gasteiger partial charge in [0.15, 0.2) is 0 Å². The number of rotatable bonds is 8. The molecule has 310 valence electrons. The molecule has 1 heteroatoms. The summed E-state index contributed by atoms with van der Waals surface area (Å²) in [6.07, 6.45) is 6.42. The SMILES string of the molecule is c1ccc(-c2cccc3cccc(-c4ccccc4N(c4ccccc4-c4cccc5c4ccc4ccccc45)c4ccccc4-c4cccc5cccc(C6CCCCC6)c45)c23)cc1. The lowest BCUT2D eigenvalue weighted by molar-refractivity contribution is 0.445. The molecule has 0 bridgehead atoms. The average Bonchev–Trinajstić information content (AvgIpc) is 3.39. The van der Waals surface area contributed by atoms with Crippen molar-refractivity contribution in [3.63, 3.8) is 0 Å². The molecule has 12 rings (SSSR count). The molecule has 1 aliphatic carbocycles. The Balaban J connectivity index is 1.16. The fraction of sp³-hybridized carbons (Fsp3) is 0.0938. The standard InChI is InChI=1S/C64H49N/c1-3-20-44(21-4-1)50-33-15-25-47-27-17-37-58(63(47)50)56-31-10-13-40-61(56)65(60-39-12-9-30-55(60)53-36-19-35-52-49-29-8-7-24-46(49)42-43-54(52)53)62-41-14-11-32-57(62)59-38-18-28-48-26-16-34-51(64(48)59)45-22-5-2-6-23-45/h1,3-4,7-21,24-43,45H,2,5-6,22-23H2. The van der Waals surface area contributed by atoms with Crippen molar-refractivity contribution >= 4 is 60.2 Å². The van der Waals surface area contributed by atoms with E-state index in [0.717, 1.165) is 17.1 Å². The van der Waals surface area contributed by atoms with Crippen molar-refractivity contribution in [3.05, 3.63) is 236 Å². The molecule has 0 radical (unpaired) electrons. The van der Waals surface area contributed by atoms with Crippen LogP contribution in [0.25, 0.3) is 87.6 Å². The van der Waals surface area contributed by atoms with Gasteiger partial charge in [0, 0.05) is 16.7 Å². The zero-order chi connectivity index (χ0) is 43.1. The number of benzene rings is 11. The van der Waals surface area contributed by atoms with E-state index in [1.807, 2.05) is 0 Å². The molecule has 0 atom stereocenters. The van der Waals surface area contributed by atoms with Crippen LogP contribution in [0.15, 0.2) is 231 Å². The Kier molecular flexibility index (Phi) is 10.0. The first kappa shape index (κ1) is 38.9. The van der Waals surface area contributed by atoms with Crippen LogP contribution in [-0.4, -0.2) is 0 Å². The van der Waals surface area contributed by atoms with Crippen molar-refractivity contribution in [2.75, 3.05) is 4.90 Å². The highest BCUT2D eigenvalue weighted by Gasteiger charge is 2.26. The van der Waals surface area contributed by atoms with E-state index < -0.39 is 0 Å². The summed E-state index contributed by atoms with van der Waals surface area (Å²) in [6.45, 7) is 0. The molecule has 11 aromatic carbocycles. The number of para-hydroxylation sites is 3. The van der Waals surface area contributed by atoms with Crippen molar-refractivity contribution in [1.29, 1.82) is 0 Å². The number of anilines is 3. The maximum Gasteiger partial charge on any atom is 0.0540 e. The van der Waals surface area contributed by atoms with Gasteiger partial charge in [-0.15, -0.1) is 0 Å². The minimum absolute atomic E-state index is 0.561. The summed E-state index contributed by atoms with van der Waals surface area (Å²) in [5.41, 5.74) is 14.6. The van der Waals surface area contributed by atoms with Gasteiger partial charge in [-0.25, -0.2) is 0 Å². The fourth-order valence-corrected chi connectivity index (χ4v) is 11.1. The van der Waals surface area contributed by atoms with Crippen molar-refractivity contribution in [2.24, 2.45) is 0 Å². The molecule has 0 amide bonds. The molecule has 0 spiro atoms. The van der Waals surface area contributed by atoms with Gasteiger partial charge in [0.05, 0.1) is 17.1 Å². The van der Waals surface area contributed by atoms with E-state index in [4.69, 9.17) is 0 Å². The first-order valence-electron chi connectivity index (χ1n) is 23.4. The zero-order valence-corrected chi connectivity index (χ0v) is 36.5. The van der Waals surface area contributed by atoms with E-state index in [1.165, 1.54) is 125 Å². The topological polar surface area (TPSA) is 3.24 Å². The molecule has 0 aliphatic heterocycles. The third-order valence-corrected chi connectivity index (χ3v) is 14.1. The molecule has 1 fully saturated rings. The van der Waals surface area contributed by atoms with Crippen molar-refractivity contribution in [1.82, 2.24) is 0 Å². The molecule has 11 aromatic rings. The molecule has 1 nitrogen and oxygen atoms in total. The number of hydrogen-bond acceptors (Lipinski definition) is 1. The summed E-state index contributed by atoms with van der Waals surface area (Å²) in [5, 5.41) is 10.2. The van der Waals surface area contributed by atoms with Gasteiger partial charge in [-0.1, -0.05) is 232 Å². The maximum atomic E-state index is 2.58. The quantitative estimate of drug-likeness (QED) is 0.138. The summed E-state index contributed by atoms with van der Waals surface area (Å²) in [7, 11) is 0. The summed E-state index contributed by atoms with van der Waals surface area (Å²) in [5.74, 6) is 0.561. The molecule has 0 heterocycles. The van der Waals surface area contributed by atoms with Crippen molar-refractivity contribution in [2.45, 2.75) is 38.0 Å². The number of hydrogen-bond donors (Lipinski definition) is 0. The highest BCUT2D eigenvalue weighted by molar-refractivity contribution is 6.14. The van der Waals surface area contributed by atoms with Gasteiger partial charge in [0.1, 0.15) is 0 Å². The van der Waals surface area contributed by atoms with Gasteiger partial charge < -0.3 is 4.90 Å². The van der Waals surface area contributed by atoms with Crippen LogP contribution in [0.1, 0.15) is 43.6 Å². The van der Waals surface area contributed by atoms with E-state index in [2.05, 4.69) is 235 Å². The fourth-order valence-electron chi connectivity index (χ4n) is 11.1. The molecule has 65 heavy (non-hydrogen) atoms. The lowest BCUT2D eigenvalue weighted by Crippen LogP contribution is -2.14. The molecule has 1 saturated carbocycles. The molecular formula is C64H49N. The van der Waals surface area contributed by atoms with Gasteiger partial charge in [0.25, 0.3) is 0 Å². The monoisotopic (exact) mass is 831 g/mol. The van der Waals surface area contributed by atoms with E-state index >= 15 is 0 Å². The van der Waals surface area contributed by atoms with Crippen LogP contribution in [0.2, 0.25) is 0 Å². The Hall–Kier alpha value is -7.74. The van der Waals surface area contributed by atoms with Gasteiger partial charge in [-0.3, -0.25) is 0 Å². The number of nitrogens with zero attached hydrogens (tertiary/aromatic N) is 1. The van der Waals surface area contributed by atoms with E-state index in [9.17, 15) is 0 Å². The average molecular weight is 832 g/mol. The molecular weight excluding hydrogens is 783 g/mol. The minimum Gasteiger partial charge on any atom is -0.309 e. The van der Waals surface area contributed by atoms with Crippen LogP contribution in [0.5, 0.6) is 0 Å². The van der Waals surface area contributed by atoms with Gasteiger partial charge in [-0.2, -0.15) is 0 Å². The Morgan fingerprint density at radius 1 is 0.277 bits per heavy atom. The second kappa shape index (κ2) is 16.8. The Morgan fingerprint density at radius 3 is 1.42 bits per heavy atom. The van der Waals surface area contributed by atoms with E-state index in [1.54, 1.807) is 0 Å². The normalized spacial score (nSPS) is 13.2. The third kappa shape index (κ3) is 6.87. The first-order valence-corrected chi connectivity index (χ1v) is 23.4. The Bertz CT molecular complexity index is 3530. The van der Waals surface area contributed by atoms with Crippen LogP contribution in [-0.2, 0) is 0 Å². The van der Waals surface area contributed by atoms with E-state index in [-0.39, 0.29) is 0 Å². The van der Waals surface area contributed by atoms with Crippen molar-refractivity contribution in [3.8, 4) is 44.5 Å². The molecule has 0 saturated heterocycles. The predicted molar refractivity (Wildman–Crippen MR) is 279 cm³/mol. The lowest BCUT2D eigenvalue weighted by atomic mass is 9.80. The maximum absolute atomic E-state index is 2.58. The van der Waals surface area contributed by atoms with Crippen molar-refractivity contribution < 1.29 is 0 Å². The van der Waals surface area contributed by atoms with Gasteiger partial charge >= 0.3 is 0 Å². The predicted octanol–water partition coefficient (Wildman–Crippen LogP) is 18.5.